The van der Waals surface area contributed by atoms with Crippen molar-refractivity contribution in [2.45, 2.75) is 26.1 Å². The molecule has 4 rings (SSSR count). The molecular formula is C24H24N2O2. The molecular weight excluding hydrogens is 348 g/mol. The minimum Gasteiger partial charge on any atom is -0.491 e. The van der Waals surface area contributed by atoms with Crippen LogP contribution >= 0.6 is 0 Å². The molecule has 0 bridgehead atoms. The van der Waals surface area contributed by atoms with Crippen LogP contribution in [0.3, 0.4) is 0 Å². The van der Waals surface area contributed by atoms with Crippen molar-refractivity contribution in [1.82, 2.24) is 4.90 Å². The van der Waals surface area contributed by atoms with Crippen LogP contribution in [-0.2, 0) is 0 Å². The predicted molar refractivity (Wildman–Crippen MR) is 114 cm³/mol. The fraction of sp³-hybridized carbons (Fsp3) is 0.208. The molecule has 3 aromatic rings. The molecule has 0 fully saturated rings. The Hall–Kier alpha value is -3.27. The third-order valence-electron chi connectivity index (χ3n) is 4.91. The summed E-state index contributed by atoms with van der Waals surface area (Å²) >= 11 is 0. The summed E-state index contributed by atoms with van der Waals surface area (Å²) in [6.07, 6.45) is 1.44. The molecule has 4 heteroatoms. The summed E-state index contributed by atoms with van der Waals surface area (Å²) in [6, 6.07) is 19.9. The Morgan fingerprint density at radius 1 is 1.11 bits per heavy atom. The van der Waals surface area contributed by atoms with E-state index in [1.54, 1.807) is 6.08 Å². The van der Waals surface area contributed by atoms with Gasteiger partial charge in [0.15, 0.2) is 0 Å². The smallest absolute Gasteiger partial charge is 0.258 e. The Morgan fingerprint density at radius 2 is 1.86 bits per heavy atom. The Kier molecular flexibility index (Phi) is 4.78. The van der Waals surface area contributed by atoms with Gasteiger partial charge in [-0.3, -0.25) is 4.79 Å². The van der Waals surface area contributed by atoms with E-state index in [1.807, 2.05) is 61.2 Å². The van der Waals surface area contributed by atoms with E-state index in [2.05, 4.69) is 30.1 Å². The first-order chi connectivity index (χ1) is 13.6. The van der Waals surface area contributed by atoms with E-state index < -0.39 is 0 Å². The number of para-hydroxylation sites is 1. The predicted octanol–water partition coefficient (Wildman–Crippen LogP) is 5.38. The molecule has 1 N–H and O–H groups in total. The van der Waals surface area contributed by atoms with Crippen molar-refractivity contribution in [2.75, 3.05) is 11.9 Å². The molecule has 0 aliphatic carbocycles. The van der Waals surface area contributed by atoms with Crippen LogP contribution in [0.5, 0.6) is 5.75 Å². The Bertz CT molecular complexity index is 1040. The summed E-state index contributed by atoms with van der Waals surface area (Å²) in [7, 11) is 0. The van der Waals surface area contributed by atoms with Gasteiger partial charge in [-0.05, 0) is 42.8 Å². The first-order valence-electron chi connectivity index (χ1n) is 9.56. The van der Waals surface area contributed by atoms with Gasteiger partial charge in [0.1, 0.15) is 11.9 Å². The van der Waals surface area contributed by atoms with Crippen LogP contribution < -0.4 is 10.1 Å². The molecule has 1 aliphatic rings. The molecule has 1 amide bonds. The number of carbonyl (C=O) groups excluding carboxylic acids is 1. The molecule has 0 spiro atoms. The minimum atomic E-state index is -0.347. The highest BCUT2D eigenvalue weighted by Crippen LogP contribution is 2.40. The zero-order chi connectivity index (χ0) is 19.7. The van der Waals surface area contributed by atoms with Gasteiger partial charge in [0.25, 0.3) is 5.91 Å². The summed E-state index contributed by atoms with van der Waals surface area (Å²) in [6.45, 7) is 8.31. The van der Waals surface area contributed by atoms with Crippen LogP contribution in [0.2, 0.25) is 0 Å². The average molecular weight is 372 g/mol. The Labute approximate surface area is 165 Å². The highest BCUT2D eigenvalue weighted by atomic mass is 16.5. The molecule has 4 nitrogen and oxygen atoms in total. The number of fused-ring (bicyclic) bond motifs is 2. The zero-order valence-corrected chi connectivity index (χ0v) is 16.2. The topological polar surface area (TPSA) is 41.6 Å². The van der Waals surface area contributed by atoms with E-state index in [9.17, 15) is 4.79 Å². The van der Waals surface area contributed by atoms with Crippen molar-refractivity contribution in [1.29, 1.82) is 0 Å². The first kappa shape index (κ1) is 18.1. The molecule has 142 valence electrons. The number of nitrogens with one attached hydrogen (secondary N) is 1. The number of amides is 1. The minimum absolute atomic E-state index is 0.0114. The summed E-state index contributed by atoms with van der Waals surface area (Å²) in [4.78, 5) is 15.1. The van der Waals surface area contributed by atoms with Crippen molar-refractivity contribution >= 4 is 22.4 Å². The van der Waals surface area contributed by atoms with Crippen molar-refractivity contribution < 1.29 is 9.53 Å². The number of anilines is 1. The fourth-order valence-corrected chi connectivity index (χ4v) is 3.76. The maximum absolute atomic E-state index is 13.3. The Balaban J connectivity index is 1.94. The van der Waals surface area contributed by atoms with Crippen LogP contribution in [0.1, 0.15) is 35.9 Å². The van der Waals surface area contributed by atoms with E-state index in [1.165, 1.54) is 0 Å². The van der Waals surface area contributed by atoms with Gasteiger partial charge >= 0.3 is 0 Å². The molecule has 3 aromatic carbocycles. The van der Waals surface area contributed by atoms with E-state index in [4.69, 9.17) is 4.74 Å². The number of ether oxygens (including phenoxy) is 1. The third-order valence-corrected chi connectivity index (χ3v) is 4.91. The second-order valence-corrected chi connectivity index (χ2v) is 7.20. The van der Waals surface area contributed by atoms with Crippen LogP contribution in [0, 0.1) is 0 Å². The second-order valence-electron chi connectivity index (χ2n) is 7.20. The van der Waals surface area contributed by atoms with Crippen molar-refractivity contribution in [2.24, 2.45) is 0 Å². The van der Waals surface area contributed by atoms with E-state index in [-0.39, 0.29) is 18.2 Å². The molecule has 0 aromatic heterocycles. The highest BCUT2D eigenvalue weighted by molar-refractivity contribution is 6.02. The summed E-state index contributed by atoms with van der Waals surface area (Å²) in [5.74, 6) is 0.773. The van der Waals surface area contributed by atoms with Gasteiger partial charge in [-0.1, -0.05) is 48.5 Å². The first-order valence-corrected chi connectivity index (χ1v) is 9.56. The number of rotatable bonds is 5. The monoisotopic (exact) mass is 372 g/mol. The van der Waals surface area contributed by atoms with Gasteiger partial charge in [-0.2, -0.15) is 0 Å². The van der Waals surface area contributed by atoms with E-state index >= 15 is 0 Å². The largest absolute Gasteiger partial charge is 0.491 e. The number of nitrogens with zero attached hydrogens (tertiary/aromatic N) is 1. The number of hydrogen-bond donors (Lipinski definition) is 1. The summed E-state index contributed by atoms with van der Waals surface area (Å²) in [5.41, 5.74) is 2.48. The number of carbonyl (C=O) groups is 1. The van der Waals surface area contributed by atoms with Gasteiger partial charge < -0.3 is 15.0 Å². The lowest BCUT2D eigenvalue weighted by atomic mass is 9.97. The van der Waals surface area contributed by atoms with Gasteiger partial charge in [0.05, 0.1) is 11.7 Å². The number of benzene rings is 3. The van der Waals surface area contributed by atoms with Crippen LogP contribution in [0.15, 0.2) is 73.3 Å². The maximum atomic E-state index is 13.3. The molecule has 0 saturated carbocycles. The van der Waals surface area contributed by atoms with Crippen LogP contribution in [0.25, 0.3) is 10.8 Å². The van der Waals surface area contributed by atoms with E-state index in [0.717, 1.165) is 27.8 Å². The molecule has 1 unspecified atom stereocenters. The van der Waals surface area contributed by atoms with E-state index in [0.29, 0.717) is 12.1 Å². The molecule has 28 heavy (non-hydrogen) atoms. The highest BCUT2D eigenvalue weighted by Gasteiger charge is 2.34. The normalized spacial score (nSPS) is 16.0. The lowest BCUT2D eigenvalue weighted by molar-refractivity contribution is 0.0705. The van der Waals surface area contributed by atoms with Gasteiger partial charge in [-0.25, -0.2) is 0 Å². The zero-order valence-electron chi connectivity index (χ0n) is 16.2. The van der Waals surface area contributed by atoms with Crippen LogP contribution in [0.4, 0.5) is 5.69 Å². The molecule has 0 radical (unpaired) electrons. The lowest BCUT2D eigenvalue weighted by Crippen LogP contribution is -2.43. The fourth-order valence-electron chi connectivity index (χ4n) is 3.76. The third kappa shape index (κ3) is 3.11. The summed E-state index contributed by atoms with van der Waals surface area (Å²) in [5, 5.41) is 5.74. The molecule has 1 atom stereocenters. The van der Waals surface area contributed by atoms with Gasteiger partial charge in [-0.15, -0.1) is 6.58 Å². The second kappa shape index (κ2) is 7.39. The molecule has 1 aliphatic heterocycles. The average Bonchev–Trinajstić information content (AvgIpc) is 2.70. The van der Waals surface area contributed by atoms with Crippen molar-refractivity contribution in [3.05, 3.63) is 84.4 Å². The van der Waals surface area contributed by atoms with Crippen LogP contribution in [-0.4, -0.2) is 23.5 Å². The summed E-state index contributed by atoms with van der Waals surface area (Å²) < 4.78 is 6.15. The van der Waals surface area contributed by atoms with Gasteiger partial charge in [0.2, 0.25) is 0 Å². The standard InChI is InChI=1S/C24H24N2O2/c1-4-15-26-23(25-20-12-8-7-11-19(20)24(26)27)22-18-10-6-5-9-17(18)13-14-21(22)28-16(2)3/h4-14,16,23,25H,1,15H2,2-3H3. The van der Waals surface area contributed by atoms with Crippen molar-refractivity contribution in [3.8, 4) is 5.75 Å². The molecule has 0 saturated heterocycles. The van der Waals surface area contributed by atoms with Gasteiger partial charge in [0, 0.05) is 17.8 Å². The SMILES string of the molecule is C=CCN1C(=O)c2ccccc2NC1c1c(OC(C)C)ccc2ccccc12. The quantitative estimate of drug-likeness (QED) is 0.612. The Morgan fingerprint density at radius 3 is 2.64 bits per heavy atom. The number of hydrogen-bond acceptors (Lipinski definition) is 3. The van der Waals surface area contributed by atoms with Crippen molar-refractivity contribution in [3.63, 3.8) is 0 Å². The molecule has 1 heterocycles. The lowest BCUT2D eigenvalue weighted by Gasteiger charge is -2.38. The maximum Gasteiger partial charge on any atom is 0.258 e.